The SMILES string of the molecule is C=C1C=CC2C1C2(OC)OC. The Kier molecular flexibility index (Phi) is 1.26. The van der Waals surface area contributed by atoms with E-state index in [2.05, 4.69) is 12.7 Å². The molecule has 0 spiro atoms. The number of fused-ring (bicyclic) bond motifs is 1. The highest BCUT2D eigenvalue weighted by molar-refractivity contribution is 5.41. The third kappa shape index (κ3) is 0.638. The van der Waals surface area contributed by atoms with E-state index in [-0.39, 0.29) is 5.79 Å². The van der Waals surface area contributed by atoms with Crippen LogP contribution in [0.4, 0.5) is 0 Å². The van der Waals surface area contributed by atoms with Crippen molar-refractivity contribution in [2.75, 3.05) is 14.2 Å². The van der Waals surface area contributed by atoms with Gasteiger partial charge in [-0.25, -0.2) is 0 Å². The van der Waals surface area contributed by atoms with Gasteiger partial charge < -0.3 is 9.47 Å². The molecule has 60 valence electrons. The largest absolute Gasteiger partial charge is 0.352 e. The molecule has 0 aliphatic heterocycles. The van der Waals surface area contributed by atoms with Crippen molar-refractivity contribution in [3.8, 4) is 0 Å². The van der Waals surface area contributed by atoms with Crippen molar-refractivity contribution in [1.82, 2.24) is 0 Å². The highest BCUT2D eigenvalue weighted by Gasteiger charge is 2.68. The van der Waals surface area contributed by atoms with Gasteiger partial charge in [0.2, 0.25) is 0 Å². The van der Waals surface area contributed by atoms with Crippen LogP contribution < -0.4 is 0 Å². The summed E-state index contributed by atoms with van der Waals surface area (Å²) >= 11 is 0. The van der Waals surface area contributed by atoms with Gasteiger partial charge in [-0.2, -0.15) is 0 Å². The third-order valence-electron chi connectivity index (χ3n) is 2.70. The zero-order valence-electron chi connectivity index (χ0n) is 6.83. The van der Waals surface area contributed by atoms with Crippen LogP contribution in [-0.2, 0) is 9.47 Å². The van der Waals surface area contributed by atoms with Crippen LogP contribution in [0.2, 0.25) is 0 Å². The molecular formula is C9H12O2. The Hall–Kier alpha value is -0.600. The maximum Gasteiger partial charge on any atom is 0.182 e. The van der Waals surface area contributed by atoms with Crippen molar-refractivity contribution < 1.29 is 9.47 Å². The summed E-state index contributed by atoms with van der Waals surface area (Å²) in [7, 11) is 3.37. The van der Waals surface area contributed by atoms with Gasteiger partial charge in [-0.15, -0.1) is 0 Å². The van der Waals surface area contributed by atoms with Crippen LogP contribution >= 0.6 is 0 Å². The second-order valence-electron chi connectivity index (χ2n) is 3.07. The molecule has 1 fully saturated rings. The number of methoxy groups -OCH3 is 2. The number of hydrogen-bond acceptors (Lipinski definition) is 2. The van der Waals surface area contributed by atoms with Crippen LogP contribution in [0.15, 0.2) is 24.3 Å². The fourth-order valence-corrected chi connectivity index (χ4v) is 2.04. The molecule has 2 aliphatic rings. The van der Waals surface area contributed by atoms with E-state index in [1.165, 1.54) is 0 Å². The average molecular weight is 152 g/mol. The van der Waals surface area contributed by atoms with Crippen molar-refractivity contribution in [3.05, 3.63) is 24.3 Å². The lowest BCUT2D eigenvalue weighted by Crippen LogP contribution is -2.20. The Bertz CT molecular complexity index is 226. The summed E-state index contributed by atoms with van der Waals surface area (Å²) in [5.74, 6) is 0.411. The van der Waals surface area contributed by atoms with E-state index >= 15 is 0 Å². The maximum absolute atomic E-state index is 5.30. The minimum atomic E-state index is -0.369. The molecule has 0 radical (unpaired) electrons. The molecule has 0 amide bonds. The first-order chi connectivity index (χ1) is 5.26. The molecule has 2 heteroatoms. The highest BCUT2D eigenvalue weighted by atomic mass is 16.7. The van der Waals surface area contributed by atoms with Gasteiger partial charge in [0.25, 0.3) is 0 Å². The lowest BCUT2D eigenvalue weighted by atomic mass is 10.2. The van der Waals surface area contributed by atoms with Crippen LogP contribution in [0.5, 0.6) is 0 Å². The second-order valence-corrected chi connectivity index (χ2v) is 3.07. The lowest BCUT2D eigenvalue weighted by molar-refractivity contribution is -0.143. The summed E-state index contributed by atoms with van der Waals surface area (Å²) in [5.41, 5.74) is 1.12. The molecule has 11 heavy (non-hydrogen) atoms. The second kappa shape index (κ2) is 1.96. The van der Waals surface area contributed by atoms with Crippen molar-refractivity contribution in [2.24, 2.45) is 11.8 Å². The van der Waals surface area contributed by atoms with Gasteiger partial charge >= 0.3 is 0 Å². The Morgan fingerprint density at radius 1 is 1.45 bits per heavy atom. The summed E-state index contributed by atoms with van der Waals surface area (Å²) in [6, 6.07) is 0. The first-order valence-corrected chi connectivity index (χ1v) is 3.73. The molecule has 0 aromatic rings. The number of ether oxygens (including phenoxy) is 2. The Labute approximate surface area is 66.5 Å². The molecule has 0 bridgehead atoms. The average Bonchev–Trinajstić information content (AvgIpc) is 2.53. The van der Waals surface area contributed by atoms with Gasteiger partial charge in [-0.3, -0.25) is 0 Å². The molecule has 2 aliphatic carbocycles. The van der Waals surface area contributed by atoms with E-state index in [0.717, 1.165) is 5.57 Å². The van der Waals surface area contributed by atoms with E-state index < -0.39 is 0 Å². The van der Waals surface area contributed by atoms with Crippen LogP contribution in [0.3, 0.4) is 0 Å². The van der Waals surface area contributed by atoms with Gasteiger partial charge in [0.05, 0.1) is 0 Å². The molecule has 0 heterocycles. The summed E-state index contributed by atoms with van der Waals surface area (Å²) in [6.45, 7) is 3.92. The van der Waals surface area contributed by atoms with E-state index in [9.17, 15) is 0 Å². The minimum absolute atomic E-state index is 0.369. The molecule has 2 unspecified atom stereocenters. The van der Waals surface area contributed by atoms with E-state index in [1.54, 1.807) is 14.2 Å². The molecule has 2 rings (SSSR count). The van der Waals surface area contributed by atoms with E-state index in [0.29, 0.717) is 11.8 Å². The molecule has 0 N–H and O–H groups in total. The Balaban J connectivity index is 2.23. The quantitative estimate of drug-likeness (QED) is 0.556. The molecular weight excluding hydrogens is 140 g/mol. The topological polar surface area (TPSA) is 18.5 Å². The van der Waals surface area contributed by atoms with Crippen molar-refractivity contribution >= 4 is 0 Å². The first-order valence-electron chi connectivity index (χ1n) is 3.73. The molecule has 1 saturated carbocycles. The van der Waals surface area contributed by atoms with Crippen LogP contribution in [0.25, 0.3) is 0 Å². The van der Waals surface area contributed by atoms with Crippen LogP contribution in [-0.4, -0.2) is 20.0 Å². The fraction of sp³-hybridized carbons (Fsp3) is 0.556. The van der Waals surface area contributed by atoms with E-state index in [4.69, 9.17) is 9.47 Å². The zero-order valence-corrected chi connectivity index (χ0v) is 6.83. The van der Waals surface area contributed by atoms with E-state index in [1.807, 2.05) is 6.08 Å². The molecule has 0 aromatic heterocycles. The van der Waals surface area contributed by atoms with Gasteiger partial charge in [0, 0.05) is 26.1 Å². The van der Waals surface area contributed by atoms with Crippen LogP contribution in [0, 0.1) is 11.8 Å². The van der Waals surface area contributed by atoms with Gasteiger partial charge in [0.1, 0.15) is 0 Å². The maximum atomic E-state index is 5.30. The number of allylic oxidation sites excluding steroid dienone is 1. The number of rotatable bonds is 2. The predicted molar refractivity (Wildman–Crippen MR) is 42.0 cm³/mol. The Morgan fingerprint density at radius 2 is 2.09 bits per heavy atom. The monoisotopic (exact) mass is 152 g/mol. The molecule has 2 atom stereocenters. The zero-order chi connectivity index (χ0) is 8.06. The summed E-state index contributed by atoms with van der Waals surface area (Å²) in [6.07, 6.45) is 4.16. The van der Waals surface area contributed by atoms with Crippen LogP contribution in [0.1, 0.15) is 0 Å². The summed E-state index contributed by atoms with van der Waals surface area (Å²) in [4.78, 5) is 0. The van der Waals surface area contributed by atoms with Crippen molar-refractivity contribution in [1.29, 1.82) is 0 Å². The molecule has 0 saturated heterocycles. The fourth-order valence-electron chi connectivity index (χ4n) is 2.04. The summed E-state index contributed by atoms with van der Waals surface area (Å²) < 4.78 is 10.6. The Morgan fingerprint density at radius 3 is 2.36 bits per heavy atom. The van der Waals surface area contributed by atoms with Crippen molar-refractivity contribution in [3.63, 3.8) is 0 Å². The minimum Gasteiger partial charge on any atom is -0.352 e. The van der Waals surface area contributed by atoms with Gasteiger partial charge in [0.15, 0.2) is 5.79 Å². The molecule has 2 nitrogen and oxygen atoms in total. The molecule has 0 aromatic carbocycles. The lowest BCUT2D eigenvalue weighted by Gasteiger charge is -2.15. The predicted octanol–water partition coefficient (Wildman–Crippen LogP) is 1.35. The normalized spacial score (nSPS) is 37.5. The summed E-state index contributed by atoms with van der Waals surface area (Å²) in [5, 5.41) is 0. The highest BCUT2D eigenvalue weighted by Crippen LogP contribution is 2.61. The van der Waals surface area contributed by atoms with Gasteiger partial charge in [-0.05, 0) is 5.57 Å². The van der Waals surface area contributed by atoms with Gasteiger partial charge in [-0.1, -0.05) is 18.7 Å². The standard InChI is InChI=1S/C9H12O2/c1-6-4-5-7-8(6)9(7,10-2)11-3/h4-5,7-8H,1H2,2-3H3. The number of hydrogen-bond donors (Lipinski definition) is 0. The van der Waals surface area contributed by atoms with Crippen molar-refractivity contribution in [2.45, 2.75) is 5.79 Å². The third-order valence-corrected chi connectivity index (χ3v) is 2.70. The first kappa shape index (κ1) is 7.07. The smallest absolute Gasteiger partial charge is 0.182 e.